The first-order valence-corrected chi connectivity index (χ1v) is 9.93. The third kappa shape index (κ3) is 5.95. The number of nitrogens with zero attached hydrogens (tertiary/aromatic N) is 2. The van der Waals surface area contributed by atoms with Gasteiger partial charge >= 0.3 is 0 Å². The highest BCUT2D eigenvalue weighted by molar-refractivity contribution is 5.56. The van der Waals surface area contributed by atoms with Crippen molar-refractivity contribution in [1.29, 1.82) is 0 Å². The van der Waals surface area contributed by atoms with E-state index in [4.69, 9.17) is 4.74 Å². The van der Waals surface area contributed by atoms with E-state index in [1.54, 1.807) is 7.11 Å². The van der Waals surface area contributed by atoms with Crippen LogP contribution in [-0.2, 0) is 11.8 Å². The van der Waals surface area contributed by atoms with Gasteiger partial charge in [0.05, 0.1) is 7.11 Å². The fourth-order valence-electron chi connectivity index (χ4n) is 3.02. The third-order valence-corrected chi connectivity index (χ3v) is 4.74. The van der Waals surface area contributed by atoms with Crippen LogP contribution in [0.3, 0.4) is 0 Å². The Morgan fingerprint density at radius 2 is 1.62 bits per heavy atom. The van der Waals surface area contributed by atoms with Crippen molar-refractivity contribution in [3.05, 3.63) is 71.4 Å². The summed E-state index contributed by atoms with van der Waals surface area (Å²) >= 11 is 0. The van der Waals surface area contributed by atoms with Gasteiger partial charge in [-0.15, -0.1) is 0 Å². The molecule has 0 atom stereocenters. The van der Waals surface area contributed by atoms with E-state index in [0.717, 1.165) is 35.9 Å². The number of anilines is 3. The molecule has 1 heterocycles. The van der Waals surface area contributed by atoms with Crippen LogP contribution in [0.5, 0.6) is 5.75 Å². The maximum Gasteiger partial charge on any atom is 0.229 e. The smallest absolute Gasteiger partial charge is 0.229 e. The second-order valence-electron chi connectivity index (χ2n) is 8.20. The lowest BCUT2D eigenvalue weighted by Crippen LogP contribution is -2.11. The van der Waals surface area contributed by atoms with Crippen molar-refractivity contribution in [2.45, 2.75) is 39.5 Å². The lowest BCUT2D eigenvalue weighted by molar-refractivity contribution is 0.414. The lowest BCUT2D eigenvalue weighted by Gasteiger charge is -2.19. The number of aryl methyl sites for hydroxylation is 1. The summed E-state index contributed by atoms with van der Waals surface area (Å²) < 4.78 is 5.20. The molecular weight excluding hydrogens is 360 g/mol. The van der Waals surface area contributed by atoms with Gasteiger partial charge in [0.25, 0.3) is 0 Å². The minimum absolute atomic E-state index is 0.138. The zero-order chi connectivity index (χ0) is 20.9. The molecule has 0 amide bonds. The number of methoxy groups -OCH3 is 1. The molecule has 152 valence electrons. The zero-order valence-corrected chi connectivity index (χ0v) is 17.9. The van der Waals surface area contributed by atoms with Gasteiger partial charge in [-0.05, 0) is 54.2 Å². The summed E-state index contributed by atoms with van der Waals surface area (Å²) in [5, 5.41) is 6.70. The molecule has 0 bridgehead atoms. The van der Waals surface area contributed by atoms with E-state index in [1.165, 1.54) is 11.1 Å². The number of rotatable bonds is 7. The number of benzene rings is 2. The molecule has 5 heteroatoms. The van der Waals surface area contributed by atoms with Crippen LogP contribution in [0, 0.1) is 6.92 Å². The highest BCUT2D eigenvalue weighted by Gasteiger charge is 2.13. The average molecular weight is 391 g/mol. The molecule has 2 N–H and O–H groups in total. The van der Waals surface area contributed by atoms with Crippen molar-refractivity contribution in [2.75, 3.05) is 24.3 Å². The first-order valence-electron chi connectivity index (χ1n) is 9.93. The number of hydrogen-bond acceptors (Lipinski definition) is 5. The van der Waals surface area contributed by atoms with Crippen LogP contribution in [0.25, 0.3) is 0 Å². The van der Waals surface area contributed by atoms with Gasteiger partial charge in [-0.25, -0.2) is 4.98 Å². The summed E-state index contributed by atoms with van der Waals surface area (Å²) in [5.41, 5.74) is 4.59. The molecule has 0 aliphatic carbocycles. The fourth-order valence-corrected chi connectivity index (χ4v) is 3.02. The Morgan fingerprint density at radius 1 is 0.931 bits per heavy atom. The fraction of sp³-hybridized carbons (Fsp3) is 0.333. The predicted octanol–water partition coefficient (Wildman–Crippen LogP) is 5.49. The van der Waals surface area contributed by atoms with E-state index in [0.29, 0.717) is 5.95 Å². The van der Waals surface area contributed by atoms with Gasteiger partial charge in [0.15, 0.2) is 0 Å². The highest BCUT2D eigenvalue weighted by atomic mass is 16.5. The van der Waals surface area contributed by atoms with Crippen LogP contribution >= 0.6 is 0 Å². The molecule has 0 fully saturated rings. The van der Waals surface area contributed by atoms with E-state index in [2.05, 4.69) is 77.8 Å². The molecular formula is C24H30N4O. The van der Waals surface area contributed by atoms with Crippen molar-refractivity contribution in [1.82, 2.24) is 9.97 Å². The molecule has 1 aromatic heterocycles. The van der Waals surface area contributed by atoms with E-state index in [9.17, 15) is 0 Å². The first-order chi connectivity index (χ1) is 13.8. The lowest BCUT2D eigenvalue weighted by atomic mass is 9.87. The monoisotopic (exact) mass is 390 g/mol. The van der Waals surface area contributed by atoms with E-state index in [1.807, 2.05) is 25.1 Å². The summed E-state index contributed by atoms with van der Waals surface area (Å²) in [4.78, 5) is 9.11. The zero-order valence-electron chi connectivity index (χ0n) is 17.9. The number of nitrogens with one attached hydrogen (secondary N) is 2. The van der Waals surface area contributed by atoms with Crippen LogP contribution < -0.4 is 15.4 Å². The molecule has 0 unspecified atom stereocenters. The molecule has 2 aromatic carbocycles. The standard InChI is InChI=1S/C24H30N4O/c1-17-16-22(25-15-14-18-6-12-21(29-5)13-7-18)28-23(26-17)27-20-10-8-19(9-11-20)24(2,3)4/h6-13,16H,14-15H2,1-5H3,(H2,25,26,27,28). The quantitative estimate of drug-likeness (QED) is 0.559. The van der Waals surface area contributed by atoms with Gasteiger partial charge in [0, 0.05) is 24.0 Å². The second-order valence-corrected chi connectivity index (χ2v) is 8.20. The van der Waals surface area contributed by atoms with Crippen LogP contribution in [0.4, 0.5) is 17.5 Å². The number of ether oxygens (including phenoxy) is 1. The Labute approximate surface area is 173 Å². The molecule has 0 spiro atoms. The molecule has 3 aromatic rings. The Hall–Kier alpha value is -3.08. The van der Waals surface area contributed by atoms with Crippen molar-refractivity contribution < 1.29 is 4.74 Å². The largest absolute Gasteiger partial charge is 0.497 e. The molecule has 0 saturated carbocycles. The highest BCUT2D eigenvalue weighted by Crippen LogP contribution is 2.24. The number of hydrogen-bond donors (Lipinski definition) is 2. The molecule has 0 aliphatic heterocycles. The Morgan fingerprint density at radius 3 is 2.24 bits per heavy atom. The minimum atomic E-state index is 0.138. The molecule has 0 aliphatic rings. The maximum atomic E-state index is 5.20. The Balaban J connectivity index is 1.61. The summed E-state index contributed by atoms with van der Waals surface area (Å²) in [7, 11) is 1.68. The second kappa shape index (κ2) is 8.95. The predicted molar refractivity (Wildman–Crippen MR) is 120 cm³/mol. The summed E-state index contributed by atoms with van der Waals surface area (Å²) in [6.45, 7) is 9.40. The van der Waals surface area contributed by atoms with Crippen molar-refractivity contribution in [2.24, 2.45) is 0 Å². The van der Waals surface area contributed by atoms with E-state index >= 15 is 0 Å². The molecule has 3 rings (SSSR count). The van der Waals surface area contributed by atoms with Gasteiger partial charge in [-0.3, -0.25) is 0 Å². The minimum Gasteiger partial charge on any atom is -0.497 e. The van der Waals surface area contributed by atoms with Crippen LogP contribution in [-0.4, -0.2) is 23.6 Å². The van der Waals surface area contributed by atoms with Crippen LogP contribution in [0.2, 0.25) is 0 Å². The van der Waals surface area contributed by atoms with E-state index in [-0.39, 0.29) is 5.41 Å². The summed E-state index contributed by atoms with van der Waals surface area (Å²) in [6.07, 6.45) is 0.907. The topological polar surface area (TPSA) is 59.1 Å². The van der Waals surface area contributed by atoms with Crippen molar-refractivity contribution in [3.63, 3.8) is 0 Å². The van der Waals surface area contributed by atoms with Crippen LogP contribution in [0.15, 0.2) is 54.6 Å². The number of aromatic nitrogens is 2. The normalized spacial score (nSPS) is 11.2. The van der Waals surface area contributed by atoms with Crippen molar-refractivity contribution >= 4 is 17.5 Å². The van der Waals surface area contributed by atoms with Gasteiger partial charge < -0.3 is 15.4 Å². The van der Waals surface area contributed by atoms with Gasteiger partial charge in [0.2, 0.25) is 5.95 Å². The van der Waals surface area contributed by atoms with Gasteiger partial charge in [0.1, 0.15) is 11.6 Å². The SMILES string of the molecule is COc1ccc(CCNc2cc(C)nc(Nc3ccc(C(C)(C)C)cc3)n2)cc1. The molecule has 0 radical (unpaired) electrons. The molecule has 29 heavy (non-hydrogen) atoms. The van der Waals surface area contributed by atoms with Gasteiger partial charge in [-0.2, -0.15) is 4.98 Å². The Kier molecular flexibility index (Phi) is 6.37. The van der Waals surface area contributed by atoms with Crippen molar-refractivity contribution in [3.8, 4) is 5.75 Å². The van der Waals surface area contributed by atoms with Crippen LogP contribution in [0.1, 0.15) is 37.6 Å². The maximum absolute atomic E-state index is 5.20. The summed E-state index contributed by atoms with van der Waals surface area (Å²) in [6, 6.07) is 18.5. The molecule has 5 nitrogen and oxygen atoms in total. The average Bonchev–Trinajstić information content (AvgIpc) is 2.68. The van der Waals surface area contributed by atoms with E-state index < -0.39 is 0 Å². The third-order valence-electron chi connectivity index (χ3n) is 4.74. The Bertz CT molecular complexity index is 929. The first kappa shape index (κ1) is 20.6. The molecule has 0 saturated heterocycles. The summed E-state index contributed by atoms with van der Waals surface area (Å²) in [5.74, 6) is 2.29. The van der Waals surface area contributed by atoms with Gasteiger partial charge in [-0.1, -0.05) is 45.0 Å².